The van der Waals surface area contributed by atoms with Gasteiger partial charge >= 0.3 is 0 Å². The lowest BCUT2D eigenvalue weighted by Crippen LogP contribution is -2.48. The highest BCUT2D eigenvalue weighted by molar-refractivity contribution is 6.30. The molecule has 0 radical (unpaired) electrons. The van der Waals surface area contributed by atoms with E-state index in [4.69, 9.17) is 11.6 Å². The van der Waals surface area contributed by atoms with Crippen LogP contribution >= 0.6 is 24.0 Å². The molecular weight excluding hydrogens is 307 g/mol. The average molecular weight is 329 g/mol. The van der Waals surface area contributed by atoms with E-state index in [1.165, 1.54) is 12.8 Å². The number of amides is 1. The third kappa shape index (κ3) is 3.36. The fourth-order valence-electron chi connectivity index (χ4n) is 3.57. The van der Waals surface area contributed by atoms with Crippen molar-refractivity contribution < 1.29 is 4.79 Å². The molecule has 5 heteroatoms. The van der Waals surface area contributed by atoms with Crippen LogP contribution in [0, 0.1) is 6.92 Å². The van der Waals surface area contributed by atoms with Crippen LogP contribution in [0.25, 0.3) is 0 Å². The number of nitrogens with one attached hydrogen (secondary N) is 1. The lowest BCUT2D eigenvalue weighted by atomic mass is 9.97. The van der Waals surface area contributed by atoms with Gasteiger partial charge in [-0.05, 0) is 56.4 Å². The Morgan fingerprint density at radius 1 is 1.29 bits per heavy atom. The topological polar surface area (TPSA) is 32.3 Å². The summed E-state index contributed by atoms with van der Waals surface area (Å²) in [5.74, 6) is 0.116. The molecule has 0 saturated carbocycles. The zero-order valence-corrected chi connectivity index (χ0v) is 14.0. The highest BCUT2D eigenvalue weighted by Crippen LogP contribution is 2.30. The number of piperidine rings is 1. The molecule has 1 N–H and O–H groups in total. The van der Waals surface area contributed by atoms with E-state index < -0.39 is 0 Å². The summed E-state index contributed by atoms with van der Waals surface area (Å²) in [7, 11) is 1.94. The van der Waals surface area contributed by atoms with E-state index in [1.807, 2.05) is 31.0 Å². The molecule has 21 heavy (non-hydrogen) atoms. The van der Waals surface area contributed by atoms with Gasteiger partial charge in [0.15, 0.2) is 0 Å². The van der Waals surface area contributed by atoms with Gasteiger partial charge in [0.25, 0.3) is 5.91 Å². The summed E-state index contributed by atoms with van der Waals surface area (Å²) in [5.41, 5.74) is 1.72. The first kappa shape index (κ1) is 16.6. The minimum atomic E-state index is 0. The molecule has 3 rings (SSSR count). The van der Waals surface area contributed by atoms with Crippen LogP contribution in [-0.2, 0) is 0 Å². The van der Waals surface area contributed by atoms with Crippen LogP contribution in [0.1, 0.15) is 41.6 Å². The van der Waals surface area contributed by atoms with Crippen LogP contribution in [0.15, 0.2) is 18.2 Å². The molecule has 3 nitrogen and oxygen atoms in total. The zero-order valence-electron chi connectivity index (χ0n) is 12.4. The van der Waals surface area contributed by atoms with Crippen LogP contribution in [-0.4, -0.2) is 36.0 Å². The minimum Gasteiger partial charge on any atom is -0.339 e. The van der Waals surface area contributed by atoms with E-state index in [9.17, 15) is 4.79 Å². The van der Waals surface area contributed by atoms with Gasteiger partial charge in [0.05, 0.1) is 0 Å². The first-order valence-corrected chi connectivity index (χ1v) is 7.71. The summed E-state index contributed by atoms with van der Waals surface area (Å²) in [6.45, 7) is 1.94. The van der Waals surface area contributed by atoms with Crippen LogP contribution in [0.3, 0.4) is 0 Å². The number of carbonyl (C=O) groups is 1. The van der Waals surface area contributed by atoms with Crippen molar-refractivity contribution in [1.82, 2.24) is 10.2 Å². The summed E-state index contributed by atoms with van der Waals surface area (Å²) in [6, 6.07) is 7.04. The number of halogens is 2. The molecule has 2 aliphatic heterocycles. The Bertz CT molecular complexity index is 523. The van der Waals surface area contributed by atoms with E-state index >= 15 is 0 Å². The maximum atomic E-state index is 12.7. The van der Waals surface area contributed by atoms with Crippen LogP contribution in [0.5, 0.6) is 0 Å². The van der Waals surface area contributed by atoms with E-state index in [0.717, 1.165) is 24.0 Å². The van der Waals surface area contributed by atoms with Crippen molar-refractivity contribution in [1.29, 1.82) is 0 Å². The van der Waals surface area contributed by atoms with Crippen LogP contribution in [0.4, 0.5) is 0 Å². The van der Waals surface area contributed by atoms with Crippen molar-refractivity contribution in [2.24, 2.45) is 0 Å². The third-order valence-electron chi connectivity index (χ3n) is 4.74. The number of hydrogen-bond donors (Lipinski definition) is 1. The Kier molecular flexibility index (Phi) is 5.18. The third-order valence-corrected chi connectivity index (χ3v) is 4.97. The number of fused-ring (bicyclic) bond motifs is 2. The Balaban J connectivity index is 0.00000161. The van der Waals surface area contributed by atoms with Crippen molar-refractivity contribution in [2.75, 3.05) is 7.05 Å². The monoisotopic (exact) mass is 328 g/mol. The molecule has 0 aromatic heterocycles. The molecule has 2 saturated heterocycles. The molecule has 2 bridgehead atoms. The van der Waals surface area contributed by atoms with Crippen molar-refractivity contribution >= 4 is 29.9 Å². The van der Waals surface area contributed by atoms with E-state index in [2.05, 4.69) is 5.32 Å². The Hall–Kier alpha value is -0.770. The van der Waals surface area contributed by atoms with Gasteiger partial charge in [0.1, 0.15) is 0 Å². The molecular formula is C16H22Cl2N2O. The van der Waals surface area contributed by atoms with Crippen LogP contribution < -0.4 is 5.32 Å². The molecule has 1 amide bonds. The van der Waals surface area contributed by atoms with Crippen molar-refractivity contribution in [3.05, 3.63) is 34.3 Å². The van der Waals surface area contributed by atoms with Gasteiger partial charge < -0.3 is 10.2 Å². The lowest BCUT2D eigenvalue weighted by molar-refractivity contribution is 0.0681. The van der Waals surface area contributed by atoms with Gasteiger partial charge in [-0.2, -0.15) is 0 Å². The second-order valence-electron chi connectivity index (χ2n) is 6.14. The second-order valence-corrected chi connectivity index (χ2v) is 6.57. The molecule has 1 aromatic carbocycles. The summed E-state index contributed by atoms with van der Waals surface area (Å²) in [5, 5.41) is 4.30. The molecule has 2 unspecified atom stereocenters. The Morgan fingerprint density at radius 2 is 1.90 bits per heavy atom. The maximum absolute atomic E-state index is 12.7. The standard InChI is InChI=1S/C16H21ClN2O.ClH/c1-10-7-11(17)3-6-15(10)16(20)19(2)14-8-12-4-5-13(9-14)18-12;/h3,6-7,12-14,18H,4-5,8-9H2,1-2H3;1H. The minimum absolute atomic E-state index is 0. The molecule has 0 aliphatic carbocycles. The maximum Gasteiger partial charge on any atom is 0.254 e. The molecule has 2 aliphatic rings. The number of nitrogens with zero attached hydrogens (tertiary/aromatic N) is 1. The number of rotatable bonds is 2. The second kappa shape index (κ2) is 6.55. The lowest BCUT2D eigenvalue weighted by Gasteiger charge is -2.35. The molecule has 0 spiro atoms. The van der Waals surface area contributed by atoms with Crippen molar-refractivity contribution in [3.8, 4) is 0 Å². The largest absolute Gasteiger partial charge is 0.339 e. The highest BCUT2D eigenvalue weighted by Gasteiger charge is 2.36. The number of hydrogen-bond acceptors (Lipinski definition) is 2. The average Bonchev–Trinajstić information content (AvgIpc) is 2.76. The summed E-state index contributed by atoms with van der Waals surface area (Å²) >= 11 is 5.96. The predicted molar refractivity (Wildman–Crippen MR) is 88.5 cm³/mol. The van der Waals surface area contributed by atoms with Crippen molar-refractivity contribution in [3.63, 3.8) is 0 Å². The smallest absolute Gasteiger partial charge is 0.254 e. The van der Waals surface area contributed by atoms with Gasteiger partial charge in [-0.1, -0.05) is 11.6 Å². The van der Waals surface area contributed by atoms with Gasteiger partial charge in [-0.25, -0.2) is 0 Å². The first-order valence-electron chi connectivity index (χ1n) is 7.34. The number of carbonyl (C=O) groups excluding carboxylic acids is 1. The fourth-order valence-corrected chi connectivity index (χ4v) is 3.79. The highest BCUT2D eigenvalue weighted by atomic mass is 35.5. The van der Waals surface area contributed by atoms with E-state index in [-0.39, 0.29) is 18.3 Å². The van der Waals surface area contributed by atoms with Gasteiger partial charge in [-0.3, -0.25) is 4.79 Å². The van der Waals surface area contributed by atoms with Gasteiger partial charge in [0.2, 0.25) is 0 Å². The van der Waals surface area contributed by atoms with E-state index in [1.54, 1.807) is 6.07 Å². The molecule has 2 fully saturated rings. The molecule has 1 aromatic rings. The zero-order chi connectivity index (χ0) is 14.3. The summed E-state index contributed by atoms with van der Waals surface area (Å²) < 4.78 is 0. The fraction of sp³-hybridized carbons (Fsp3) is 0.562. The van der Waals surface area contributed by atoms with Gasteiger partial charge in [0, 0.05) is 35.8 Å². The quantitative estimate of drug-likeness (QED) is 0.902. The summed E-state index contributed by atoms with van der Waals surface area (Å²) in [4.78, 5) is 14.6. The van der Waals surface area contributed by atoms with Crippen LogP contribution in [0.2, 0.25) is 5.02 Å². The normalized spacial score (nSPS) is 27.1. The molecule has 2 heterocycles. The van der Waals surface area contributed by atoms with E-state index in [0.29, 0.717) is 23.1 Å². The van der Waals surface area contributed by atoms with Crippen molar-refractivity contribution in [2.45, 2.75) is 50.7 Å². The number of benzene rings is 1. The Morgan fingerprint density at radius 3 is 2.48 bits per heavy atom. The molecule has 116 valence electrons. The first-order chi connectivity index (χ1) is 9.54. The predicted octanol–water partition coefficient (Wildman–Crippen LogP) is 3.43. The SMILES string of the molecule is Cc1cc(Cl)ccc1C(=O)N(C)C1CC2CCC(C1)N2.Cl. The summed E-state index contributed by atoms with van der Waals surface area (Å²) in [6.07, 6.45) is 4.66. The molecule has 2 atom stereocenters. The Labute approximate surface area is 137 Å². The van der Waals surface area contributed by atoms with Gasteiger partial charge in [-0.15, -0.1) is 12.4 Å². The number of aryl methyl sites for hydroxylation is 1.